The molecule has 0 bridgehead atoms. The van der Waals surface area contributed by atoms with Gasteiger partial charge in [-0.1, -0.05) is 0 Å². The van der Waals surface area contributed by atoms with Crippen LogP contribution >= 0.6 is 0 Å². The highest BCUT2D eigenvalue weighted by Crippen LogP contribution is 2.23. The standard InChI is InChI=1S/C11H18N2O2/c1-9(14)6-8-13(2)11-10(15-3)5-4-7-12-11/h4-5,7,9,14H,6,8H2,1-3H3. The lowest BCUT2D eigenvalue weighted by Crippen LogP contribution is -2.23. The number of ether oxygens (including phenoxy) is 1. The Balaban J connectivity index is 2.68. The number of nitrogens with zero attached hydrogens (tertiary/aromatic N) is 2. The van der Waals surface area contributed by atoms with Gasteiger partial charge in [-0.25, -0.2) is 4.98 Å². The van der Waals surface area contributed by atoms with Gasteiger partial charge >= 0.3 is 0 Å². The number of aromatic nitrogens is 1. The van der Waals surface area contributed by atoms with Crippen LogP contribution in [0.1, 0.15) is 13.3 Å². The summed E-state index contributed by atoms with van der Waals surface area (Å²) in [6, 6.07) is 3.71. The van der Waals surface area contributed by atoms with E-state index in [1.54, 1.807) is 20.2 Å². The Morgan fingerprint density at radius 2 is 2.33 bits per heavy atom. The molecule has 15 heavy (non-hydrogen) atoms. The van der Waals surface area contributed by atoms with E-state index in [1.165, 1.54) is 0 Å². The summed E-state index contributed by atoms with van der Waals surface area (Å²) in [5.74, 6) is 1.56. The van der Waals surface area contributed by atoms with Gasteiger partial charge in [-0.3, -0.25) is 0 Å². The van der Waals surface area contributed by atoms with E-state index >= 15 is 0 Å². The van der Waals surface area contributed by atoms with Crippen LogP contribution in [0.15, 0.2) is 18.3 Å². The molecule has 4 nitrogen and oxygen atoms in total. The number of hydrogen-bond acceptors (Lipinski definition) is 4. The molecule has 0 aliphatic carbocycles. The second-order valence-corrected chi connectivity index (χ2v) is 3.59. The summed E-state index contributed by atoms with van der Waals surface area (Å²) >= 11 is 0. The first-order valence-electron chi connectivity index (χ1n) is 5.03. The number of aliphatic hydroxyl groups is 1. The van der Waals surface area contributed by atoms with Gasteiger partial charge in [0.2, 0.25) is 0 Å². The monoisotopic (exact) mass is 210 g/mol. The van der Waals surface area contributed by atoms with E-state index in [9.17, 15) is 5.11 Å². The van der Waals surface area contributed by atoms with Crippen LogP contribution in [0.25, 0.3) is 0 Å². The van der Waals surface area contributed by atoms with Crippen molar-refractivity contribution in [2.24, 2.45) is 0 Å². The molecule has 1 aromatic rings. The summed E-state index contributed by atoms with van der Waals surface area (Å²) in [5, 5.41) is 9.20. The zero-order valence-corrected chi connectivity index (χ0v) is 9.47. The van der Waals surface area contributed by atoms with Crippen molar-refractivity contribution in [3.8, 4) is 5.75 Å². The summed E-state index contributed by atoms with van der Waals surface area (Å²) < 4.78 is 5.21. The maximum atomic E-state index is 9.20. The lowest BCUT2D eigenvalue weighted by Gasteiger charge is -2.20. The van der Waals surface area contributed by atoms with Gasteiger partial charge in [-0.2, -0.15) is 0 Å². The summed E-state index contributed by atoms with van der Waals surface area (Å²) in [4.78, 5) is 6.22. The first-order chi connectivity index (χ1) is 7.15. The minimum absolute atomic E-state index is 0.290. The molecule has 0 aliphatic heterocycles. The van der Waals surface area contributed by atoms with Gasteiger partial charge in [0.25, 0.3) is 0 Å². The van der Waals surface area contributed by atoms with Gasteiger partial charge in [-0.15, -0.1) is 0 Å². The van der Waals surface area contributed by atoms with Crippen molar-refractivity contribution in [2.75, 3.05) is 25.6 Å². The lowest BCUT2D eigenvalue weighted by molar-refractivity contribution is 0.186. The summed E-state index contributed by atoms with van der Waals surface area (Å²) in [7, 11) is 3.57. The van der Waals surface area contributed by atoms with Gasteiger partial charge in [0.1, 0.15) is 0 Å². The molecular formula is C11H18N2O2. The summed E-state index contributed by atoms with van der Waals surface area (Å²) in [6.07, 6.45) is 2.16. The normalized spacial score (nSPS) is 12.3. The van der Waals surface area contributed by atoms with E-state index in [1.807, 2.05) is 24.1 Å². The van der Waals surface area contributed by atoms with E-state index in [4.69, 9.17) is 4.74 Å². The molecular weight excluding hydrogens is 192 g/mol. The van der Waals surface area contributed by atoms with Crippen molar-refractivity contribution in [1.29, 1.82) is 0 Å². The van der Waals surface area contributed by atoms with Crippen LogP contribution in [0, 0.1) is 0 Å². The Bertz CT molecular complexity index is 302. The highest BCUT2D eigenvalue weighted by molar-refractivity contribution is 5.51. The maximum Gasteiger partial charge on any atom is 0.171 e. The molecule has 84 valence electrons. The first kappa shape index (κ1) is 11.8. The molecule has 4 heteroatoms. The van der Waals surface area contributed by atoms with E-state index in [0.717, 1.165) is 24.5 Å². The van der Waals surface area contributed by atoms with Gasteiger partial charge < -0.3 is 14.7 Å². The second kappa shape index (κ2) is 5.56. The van der Waals surface area contributed by atoms with E-state index in [2.05, 4.69) is 4.98 Å². The topological polar surface area (TPSA) is 45.6 Å². The van der Waals surface area contributed by atoms with Crippen molar-refractivity contribution in [1.82, 2.24) is 4.98 Å². The molecule has 0 fully saturated rings. The smallest absolute Gasteiger partial charge is 0.171 e. The Hall–Kier alpha value is -1.29. The first-order valence-corrected chi connectivity index (χ1v) is 5.03. The fourth-order valence-electron chi connectivity index (χ4n) is 1.31. The van der Waals surface area contributed by atoms with Crippen LogP contribution in [0.5, 0.6) is 5.75 Å². The van der Waals surface area contributed by atoms with Crippen molar-refractivity contribution in [2.45, 2.75) is 19.4 Å². The highest BCUT2D eigenvalue weighted by Gasteiger charge is 2.09. The predicted octanol–water partition coefficient (Wildman–Crippen LogP) is 1.30. The molecule has 0 saturated heterocycles. The van der Waals surface area contributed by atoms with Crippen molar-refractivity contribution in [3.05, 3.63) is 18.3 Å². The maximum absolute atomic E-state index is 9.20. The molecule has 0 amide bonds. The Morgan fingerprint density at radius 3 is 2.93 bits per heavy atom. The van der Waals surface area contributed by atoms with Gasteiger partial charge in [0.05, 0.1) is 13.2 Å². The summed E-state index contributed by atoms with van der Waals surface area (Å²) in [6.45, 7) is 2.54. The van der Waals surface area contributed by atoms with Crippen molar-refractivity contribution in [3.63, 3.8) is 0 Å². The van der Waals surface area contributed by atoms with Crippen LogP contribution in [-0.4, -0.2) is 36.9 Å². The fraction of sp³-hybridized carbons (Fsp3) is 0.545. The second-order valence-electron chi connectivity index (χ2n) is 3.59. The van der Waals surface area contributed by atoms with E-state index in [-0.39, 0.29) is 6.10 Å². The molecule has 1 unspecified atom stereocenters. The Morgan fingerprint density at radius 1 is 1.60 bits per heavy atom. The molecule has 0 aliphatic rings. The molecule has 1 atom stereocenters. The van der Waals surface area contributed by atoms with E-state index < -0.39 is 0 Å². The fourth-order valence-corrected chi connectivity index (χ4v) is 1.31. The molecule has 1 aromatic heterocycles. The van der Waals surface area contributed by atoms with Crippen LogP contribution in [0.2, 0.25) is 0 Å². The number of rotatable bonds is 5. The number of anilines is 1. The number of hydrogen-bond donors (Lipinski definition) is 1. The lowest BCUT2D eigenvalue weighted by atomic mass is 10.2. The minimum atomic E-state index is -0.290. The predicted molar refractivity (Wildman–Crippen MR) is 60.4 cm³/mol. The van der Waals surface area contributed by atoms with Crippen LogP contribution in [0.3, 0.4) is 0 Å². The van der Waals surface area contributed by atoms with Gasteiger partial charge in [0.15, 0.2) is 11.6 Å². The van der Waals surface area contributed by atoms with Crippen LogP contribution in [0.4, 0.5) is 5.82 Å². The van der Waals surface area contributed by atoms with E-state index in [0.29, 0.717) is 0 Å². The summed E-state index contributed by atoms with van der Waals surface area (Å²) in [5.41, 5.74) is 0. The largest absolute Gasteiger partial charge is 0.493 e. The molecule has 0 aromatic carbocycles. The molecule has 0 radical (unpaired) electrons. The minimum Gasteiger partial charge on any atom is -0.493 e. The average molecular weight is 210 g/mol. The quantitative estimate of drug-likeness (QED) is 0.795. The van der Waals surface area contributed by atoms with Crippen molar-refractivity contribution >= 4 is 5.82 Å². The Labute approximate surface area is 90.5 Å². The molecule has 1 heterocycles. The Kier molecular flexibility index (Phi) is 4.37. The van der Waals surface area contributed by atoms with Crippen molar-refractivity contribution < 1.29 is 9.84 Å². The van der Waals surface area contributed by atoms with Gasteiger partial charge in [-0.05, 0) is 25.5 Å². The third kappa shape index (κ3) is 3.40. The SMILES string of the molecule is COc1cccnc1N(C)CCC(C)O. The third-order valence-corrected chi connectivity index (χ3v) is 2.21. The van der Waals surface area contributed by atoms with Crippen LogP contribution < -0.4 is 9.64 Å². The highest BCUT2D eigenvalue weighted by atomic mass is 16.5. The van der Waals surface area contributed by atoms with Crippen LogP contribution in [-0.2, 0) is 0 Å². The zero-order chi connectivity index (χ0) is 11.3. The van der Waals surface area contributed by atoms with Gasteiger partial charge in [0, 0.05) is 19.8 Å². The molecule has 0 spiro atoms. The average Bonchev–Trinajstić information content (AvgIpc) is 2.25. The molecule has 1 rings (SSSR count). The molecule has 1 N–H and O–H groups in total. The number of aliphatic hydroxyl groups excluding tert-OH is 1. The number of methoxy groups -OCH3 is 1. The molecule has 0 saturated carbocycles. The zero-order valence-electron chi connectivity index (χ0n) is 9.47. The third-order valence-electron chi connectivity index (χ3n) is 2.21. The number of pyridine rings is 1.